The Kier molecular flexibility index (Phi) is 10.2. The monoisotopic (exact) mass is 573 g/mol. The molecule has 5 nitrogen and oxygen atoms in total. The number of hydrogen-bond acceptors (Lipinski definition) is 5. The molecule has 42 heavy (non-hydrogen) atoms. The fourth-order valence-corrected chi connectivity index (χ4v) is 5.23. The van der Waals surface area contributed by atoms with Crippen LogP contribution in [0.3, 0.4) is 0 Å². The van der Waals surface area contributed by atoms with Crippen LogP contribution in [0.2, 0.25) is 0 Å². The molecule has 3 aromatic rings. The van der Waals surface area contributed by atoms with E-state index in [0.717, 1.165) is 29.7 Å². The third-order valence-electron chi connectivity index (χ3n) is 7.65. The number of allylic oxidation sites excluding steroid dienone is 1. The zero-order valence-corrected chi connectivity index (χ0v) is 25.0. The van der Waals surface area contributed by atoms with Gasteiger partial charge in [-0.15, -0.1) is 0 Å². The van der Waals surface area contributed by atoms with E-state index in [1.165, 1.54) is 18.2 Å². The van der Waals surface area contributed by atoms with E-state index in [-0.39, 0.29) is 17.7 Å². The molecule has 1 aliphatic rings. The predicted molar refractivity (Wildman–Crippen MR) is 167 cm³/mol. The van der Waals surface area contributed by atoms with Gasteiger partial charge in [0.15, 0.2) is 11.6 Å². The van der Waals surface area contributed by atoms with Gasteiger partial charge in [-0.25, -0.2) is 8.78 Å². The second-order valence-electron chi connectivity index (χ2n) is 11.7. The SMILES string of the molecule is C=N/C=C1\NCc2cc(ccc2F)Oc2c(F)cc(N/C=C\C)cc2CCCC(C)(C)COCC1(C)c1ccccc1. The van der Waals surface area contributed by atoms with E-state index in [9.17, 15) is 0 Å². The van der Waals surface area contributed by atoms with Crippen LogP contribution in [-0.2, 0) is 23.1 Å². The lowest BCUT2D eigenvalue weighted by Gasteiger charge is -2.35. The van der Waals surface area contributed by atoms with Gasteiger partial charge in [0.25, 0.3) is 0 Å². The van der Waals surface area contributed by atoms with E-state index in [0.29, 0.717) is 36.6 Å². The molecule has 7 heteroatoms. The van der Waals surface area contributed by atoms with Crippen molar-refractivity contribution in [2.75, 3.05) is 18.5 Å². The maximum absolute atomic E-state index is 15.5. The van der Waals surface area contributed by atoms with Crippen LogP contribution in [0.1, 0.15) is 57.2 Å². The zero-order valence-electron chi connectivity index (χ0n) is 25.0. The van der Waals surface area contributed by atoms with Gasteiger partial charge in [-0.3, -0.25) is 4.99 Å². The van der Waals surface area contributed by atoms with E-state index in [1.807, 2.05) is 37.3 Å². The van der Waals surface area contributed by atoms with Gasteiger partial charge in [0, 0.05) is 35.8 Å². The smallest absolute Gasteiger partial charge is 0.168 e. The Hall–Kier alpha value is -3.97. The molecule has 2 N–H and O–H groups in total. The highest BCUT2D eigenvalue weighted by molar-refractivity contribution is 5.54. The summed E-state index contributed by atoms with van der Waals surface area (Å²) >= 11 is 0. The fraction of sp³-hybridized carbons (Fsp3) is 0.343. The highest BCUT2D eigenvalue weighted by atomic mass is 19.1. The number of fused-ring (bicyclic) bond motifs is 3. The molecule has 0 aromatic heterocycles. The van der Waals surface area contributed by atoms with Crippen LogP contribution in [0.5, 0.6) is 11.5 Å². The maximum Gasteiger partial charge on any atom is 0.168 e. The summed E-state index contributed by atoms with van der Waals surface area (Å²) < 4.78 is 43.1. The number of halogens is 2. The number of aliphatic imine (C=N–C) groups is 1. The first-order chi connectivity index (χ1) is 20.1. The van der Waals surface area contributed by atoms with Crippen molar-refractivity contribution >= 4 is 12.4 Å². The van der Waals surface area contributed by atoms with Crippen LogP contribution in [-0.4, -0.2) is 19.9 Å². The molecule has 4 rings (SSSR count). The Bertz CT molecular complexity index is 1440. The topological polar surface area (TPSA) is 54.9 Å². The molecule has 1 unspecified atom stereocenters. The van der Waals surface area contributed by atoms with Crippen molar-refractivity contribution in [3.8, 4) is 11.5 Å². The number of aryl methyl sites for hydroxylation is 1. The van der Waals surface area contributed by atoms with E-state index < -0.39 is 17.0 Å². The molecular weight excluding hydrogens is 532 g/mol. The highest BCUT2D eigenvalue weighted by Gasteiger charge is 2.33. The van der Waals surface area contributed by atoms with Crippen molar-refractivity contribution in [2.24, 2.45) is 10.4 Å². The highest BCUT2D eigenvalue weighted by Crippen LogP contribution is 2.36. The molecule has 1 heterocycles. The predicted octanol–water partition coefficient (Wildman–Crippen LogP) is 8.67. The number of ether oxygens (including phenoxy) is 2. The standard InChI is InChI=1S/C35H41F2N3O2/c1-6-17-39-28-18-25-11-10-16-34(2,3)23-41-24-35(4,27-12-8-7-9-13-27)32(22-38-5)40-21-26-19-29(14-15-30(26)36)42-33(25)31(37)20-28/h6-9,12-15,17-20,22,39-40H,5,10-11,16,21,23-24H2,1-4H3/b17-6-,32-22-. The molecule has 0 fully saturated rings. The third kappa shape index (κ3) is 7.65. The Balaban J connectivity index is 1.75. The molecular formula is C35H41F2N3O2. The van der Waals surface area contributed by atoms with Crippen molar-refractivity contribution in [1.29, 1.82) is 0 Å². The Labute approximate surface area is 248 Å². The van der Waals surface area contributed by atoms with Crippen molar-refractivity contribution in [1.82, 2.24) is 5.32 Å². The second kappa shape index (κ2) is 13.8. The van der Waals surface area contributed by atoms with Gasteiger partial charge in [0.05, 0.1) is 18.6 Å². The lowest BCUT2D eigenvalue weighted by atomic mass is 9.79. The van der Waals surface area contributed by atoms with Crippen LogP contribution in [0, 0.1) is 17.0 Å². The fourth-order valence-electron chi connectivity index (χ4n) is 5.23. The largest absolute Gasteiger partial charge is 0.454 e. The van der Waals surface area contributed by atoms with Crippen molar-refractivity contribution < 1.29 is 18.3 Å². The third-order valence-corrected chi connectivity index (χ3v) is 7.65. The normalized spacial score (nSPS) is 20.7. The number of nitrogens with zero attached hydrogens (tertiary/aromatic N) is 1. The summed E-state index contributed by atoms with van der Waals surface area (Å²) in [5, 5.41) is 6.50. The minimum atomic E-state index is -0.604. The molecule has 0 spiro atoms. The van der Waals surface area contributed by atoms with Gasteiger partial charge in [-0.2, -0.15) is 0 Å². The average Bonchev–Trinajstić information content (AvgIpc) is 2.96. The van der Waals surface area contributed by atoms with Gasteiger partial charge in [0.2, 0.25) is 0 Å². The summed E-state index contributed by atoms with van der Waals surface area (Å²) in [5.74, 6) is -0.374. The molecule has 0 radical (unpaired) electrons. The van der Waals surface area contributed by atoms with Gasteiger partial charge >= 0.3 is 0 Å². The summed E-state index contributed by atoms with van der Waals surface area (Å²) in [6.07, 6.45) is 7.54. The summed E-state index contributed by atoms with van der Waals surface area (Å²) in [6.45, 7) is 13.1. The van der Waals surface area contributed by atoms with Gasteiger partial charge in [-0.1, -0.05) is 50.3 Å². The van der Waals surface area contributed by atoms with Gasteiger partial charge < -0.3 is 20.1 Å². The van der Waals surface area contributed by atoms with Crippen molar-refractivity contribution in [3.63, 3.8) is 0 Å². The Morgan fingerprint density at radius 3 is 2.50 bits per heavy atom. The van der Waals surface area contributed by atoms with E-state index >= 15 is 8.78 Å². The average molecular weight is 574 g/mol. The molecule has 2 bridgehead atoms. The maximum atomic E-state index is 15.5. The minimum absolute atomic E-state index is 0.129. The summed E-state index contributed by atoms with van der Waals surface area (Å²) in [4.78, 5) is 4.06. The first-order valence-electron chi connectivity index (χ1n) is 14.4. The van der Waals surface area contributed by atoms with E-state index in [4.69, 9.17) is 9.47 Å². The molecule has 0 saturated carbocycles. The van der Waals surface area contributed by atoms with Gasteiger partial charge in [-0.05, 0) is 86.8 Å². The Morgan fingerprint density at radius 1 is 0.976 bits per heavy atom. The number of anilines is 1. The summed E-state index contributed by atoms with van der Waals surface area (Å²) in [7, 11) is 0. The van der Waals surface area contributed by atoms with Crippen molar-refractivity contribution in [2.45, 2.75) is 58.9 Å². The van der Waals surface area contributed by atoms with Crippen LogP contribution in [0.25, 0.3) is 0 Å². The second-order valence-corrected chi connectivity index (χ2v) is 11.7. The molecule has 3 aromatic carbocycles. The first kappa shape index (κ1) is 31.0. The molecule has 0 aliphatic carbocycles. The summed E-state index contributed by atoms with van der Waals surface area (Å²) in [6, 6.07) is 17.8. The van der Waals surface area contributed by atoms with Crippen LogP contribution in [0.4, 0.5) is 14.5 Å². The van der Waals surface area contributed by atoms with E-state index in [1.54, 1.807) is 18.5 Å². The summed E-state index contributed by atoms with van der Waals surface area (Å²) in [5.41, 5.74) is 2.80. The number of rotatable bonds is 4. The molecule has 1 atom stereocenters. The van der Waals surface area contributed by atoms with Crippen LogP contribution in [0.15, 0.2) is 89.8 Å². The zero-order chi connectivity index (χ0) is 30.2. The molecule has 1 aliphatic heterocycles. The minimum Gasteiger partial charge on any atom is -0.454 e. The van der Waals surface area contributed by atoms with Crippen molar-refractivity contribution in [3.05, 3.63) is 113 Å². The van der Waals surface area contributed by atoms with E-state index in [2.05, 4.69) is 55.2 Å². The van der Waals surface area contributed by atoms with Gasteiger partial charge in [0.1, 0.15) is 11.6 Å². The molecule has 0 amide bonds. The number of hydrogen-bond donors (Lipinski definition) is 2. The number of nitrogens with one attached hydrogen (secondary N) is 2. The Morgan fingerprint density at radius 2 is 1.76 bits per heavy atom. The first-order valence-corrected chi connectivity index (χ1v) is 14.4. The lowest BCUT2D eigenvalue weighted by molar-refractivity contribution is 0.0347. The van der Waals surface area contributed by atoms with Crippen LogP contribution >= 0.6 is 0 Å². The molecule has 0 saturated heterocycles. The number of benzene rings is 3. The van der Waals surface area contributed by atoms with Crippen LogP contribution < -0.4 is 15.4 Å². The lowest BCUT2D eigenvalue weighted by Crippen LogP contribution is -2.38. The molecule has 222 valence electrons. The quantitative estimate of drug-likeness (QED) is 0.307.